The summed E-state index contributed by atoms with van der Waals surface area (Å²) in [6, 6.07) is 2.05. The quantitative estimate of drug-likeness (QED) is 0.472. The Bertz CT molecular complexity index is 820. The minimum atomic E-state index is -0.967. The summed E-state index contributed by atoms with van der Waals surface area (Å²) in [6.45, 7) is 1.51. The zero-order chi connectivity index (χ0) is 19.8. The van der Waals surface area contributed by atoms with E-state index in [9.17, 15) is 28.9 Å². The molecule has 1 heterocycles. The van der Waals surface area contributed by atoms with Crippen molar-refractivity contribution in [2.45, 2.75) is 38.1 Å². The largest absolute Gasteiger partial charge is 0.325 e. The first-order valence-corrected chi connectivity index (χ1v) is 8.60. The van der Waals surface area contributed by atoms with E-state index in [-0.39, 0.29) is 5.69 Å². The third-order valence-electron chi connectivity index (χ3n) is 5.11. The molecule has 1 saturated carbocycles. The van der Waals surface area contributed by atoms with Crippen LogP contribution in [0, 0.1) is 21.8 Å². The molecule has 0 aromatic heterocycles. The molecule has 4 amide bonds. The molecule has 27 heavy (non-hydrogen) atoms. The van der Waals surface area contributed by atoms with E-state index in [1.807, 2.05) is 0 Å². The molecule has 9 nitrogen and oxygen atoms in total. The maximum atomic E-state index is 13.2. The van der Waals surface area contributed by atoms with Crippen LogP contribution in [-0.2, 0) is 9.59 Å². The van der Waals surface area contributed by atoms with Crippen LogP contribution in [0.2, 0.25) is 0 Å². The summed E-state index contributed by atoms with van der Waals surface area (Å²) in [6.07, 6.45) is 2.63. The van der Waals surface area contributed by atoms with Gasteiger partial charge in [0.05, 0.1) is 11.0 Å². The molecule has 1 saturated heterocycles. The van der Waals surface area contributed by atoms with Crippen molar-refractivity contribution in [2.75, 3.05) is 11.9 Å². The van der Waals surface area contributed by atoms with Crippen molar-refractivity contribution in [1.82, 2.24) is 10.2 Å². The summed E-state index contributed by atoms with van der Waals surface area (Å²) in [5.41, 5.74) is -1.79. The van der Waals surface area contributed by atoms with E-state index in [1.54, 1.807) is 0 Å². The molecule has 1 aliphatic heterocycles. The van der Waals surface area contributed by atoms with Gasteiger partial charge in [-0.3, -0.25) is 24.6 Å². The SMILES string of the molecule is CC1CCC2(CC1)NC(=O)N(CC(=O)Nc1ccc(F)cc1[N+](=O)[O-])C2=O. The van der Waals surface area contributed by atoms with Crippen LogP contribution in [0.1, 0.15) is 32.6 Å². The van der Waals surface area contributed by atoms with E-state index in [0.717, 1.165) is 29.9 Å². The highest BCUT2D eigenvalue weighted by atomic mass is 19.1. The van der Waals surface area contributed by atoms with E-state index in [1.165, 1.54) is 0 Å². The molecule has 0 radical (unpaired) electrons. The average Bonchev–Trinajstić information content (AvgIpc) is 2.83. The second kappa shape index (κ2) is 6.93. The number of nitro benzene ring substituents is 1. The molecule has 3 rings (SSSR count). The van der Waals surface area contributed by atoms with Crippen LogP contribution in [0.5, 0.6) is 0 Å². The third kappa shape index (κ3) is 3.60. The van der Waals surface area contributed by atoms with Gasteiger partial charge in [-0.05, 0) is 43.7 Å². The molecule has 0 atom stereocenters. The molecule has 1 aliphatic carbocycles. The molecular weight excluding hydrogens is 359 g/mol. The fourth-order valence-corrected chi connectivity index (χ4v) is 3.51. The molecule has 0 unspecified atom stereocenters. The number of halogens is 1. The number of carbonyl (C=O) groups is 3. The minimum Gasteiger partial charge on any atom is -0.323 e. The van der Waals surface area contributed by atoms with Gasteiger partial charge in [0, 0.05) is 0 Å². The summed E-state index contributed by atoms with van der Waals surface area (Å²) in [5, 5.41) is 16.0. The van der Waals surface area contributed by atoms with Crippen molar-refractivity contribution in [1.29, 1.82) is 0 Å². The van der Waals surface area contributed by atoms with Crippen LogP contribution in [0.25, 0.3) is 0 Å². The summed E-state index contributed by atoms with van der Waals surface area (Å²) < 4.78 is 13.2. The number of nitrogens with zero attached hydrogens (tertiary/aromatic N) is 2. The first-order valence-electron chi connectivity index (χ1n) is 8.60. The smallest absolute Gasteiger partial charge is 0.323 e. The van der Waals surface area contributed by atoms with Crippen molar-refractivity contribution >= 4 is 29.2 Å². The molecule has 2 aliphatic rings. The summed E-state index contributed by atoms with van der Waals surface area (Å²) in [5.74, 6) is -1.59. The van der Waals surface area contributed by atoms with Gasteiger partial charge >= 0.3 is 6.03 Å². The normalized spacial score (nSPS) is 24.8. The lowest BCUT2D eigenvalue weighted by Gasteiger charge is -2.33. The molecule has 1 spiro atoms. The van der Waals surface area contributed by atoms with Crippen molar-refractivity contribution in [3.8, 4) is 0 Å². The number of nitrogens with one attached hydrogen (secondary N) is 2. The number of amides is 4. The molecule has 10 heteroatoms. The predicted octanol–water partition coefficient (Wildman–Crippen LogP) is 2.17. The fraction of sp³-hybridized carbons (Fsp3) is 0.471. The Morgan fingerprint density at radius 3 is 2.70 bits per heavy atom. The van der Waals surface area contributed by atoms with Crippen LogP contribution in [0.4, 0.5) is 20.6 Å². The number of nitro groups is 1. The Kier molecular flexibility index (Phi) is 4.81. The Labute approximate surface area is 154 Å². The lowest BCUT2D eigenvalue weighted by Crippen LogP contribution is -2.49. The number of rotatable bonds is 4. The Balaban J connectivity index is 1.71. The highest BCUT2D eigenvalue weighted by Gasteiger charge is 2.52. The zero-order valence-corrected chi connectivity index (χ0v) is 14.7. The van der Waals surface area contributed by atoms with Crippen molar-refractivity contribution in [2.24, 2.45) is 5.92 Å². The Hall–Kier alpha value is -3.04. The van der Waals surface area contributed by atoms with Crippen molar-refractivity contribution in [3.05, 3.63) is 34.1 Å². The van der Waals surface area contributed by atoms with Gasteiger partial charge in [0.2, 0.25) is 5.91 Å². The standard InChI is InChI=1S/C17H19FN4O5/c1-10-4-6-17(7-5-10)15(24)21(16(25)20-17)9-14(23)19-12-3-2-11(18)8-13(12)22(26)27/h2-3,8,10H,4-7,9H2,1H3,(H,19,23)(H,20,25). The second-order valence-electron chi connectivity index (χ2n) is 7.05. The lowest BCUT2D eigenvalue weighted by molar-refractivity contribution is -0.384. The number of urea groups is 1. The minimum absolute atomic E-state index is 0.209. The molecule has 2 fully saturated rings. The third-order valence-corrected chi connectivity index (χ3v) is 5.11. The average molecular weight is 378 g/mol. The first kappa shape index (κ1) is 18.7. The molecular formula is C17H19FN4O5. The summed E-state index contributed by atoms with van der Waals surface area (Å²) in [7, 11) is 0. The second-order valence-corrected chi connectivity index (χ2v) is 7.05. The van der Waals surface area contributed by atoms with Gasteiger partial charge in [0.25, 0.3) is 11.6 Å². The van der Waals surface area contributed by atoms with Gasteiger partial charge in [-0.15, -0.1) is 0 Å². The number of carbonyl (C=O) groups excluding carboxylic acids is 3. The summed E-state index contributed by atoms with van der Waals surface area (Å²) >= 11 is 0. The molecule has 144 valence electrons. The van der Waals surface area contributed by atoms with Crippen LogP contribution >= 0.6 is 0 Å². The first-order chi connectivity index (χ1) is 12.7. The van der Waals surface area contributed by atoms with Gasteiger partial charge in [-0.1, -0.05) is 6.92 Å². The molecule has 1 aromatic rings. The number of hydrogen-bond acceptors (Lipinski definition) is 5. The van der Waals surface area contributed by atoms with E-state index < -0.39 is 46.4 Å². The van der Waals surface area contributed by atoms with E-state index in [2.05, 4.69) is 17.6 Å². The van der Waals surface area contributed by atoms with Gasteiger partial charge in [-0.2, -0.15) is 0 Å². The van der Waals surface area contributed by atoms with Gasteiger partial charge in [0.1, 0.15) is 23.6 Å². The fourth-order valence-electron chi connectivity index (χ4n) is 3.51. The zero-order valence-electron chi connectivity index (χ0n) is 14.7. The van der Waals surface area contributed by atoms with Crippen molar-refractivity contribution in [3.63, 3.8) is 0 Å². The topological polar surface area (TPSA) is 122 Å². The maximum Gasteiger partial charge on any atom is 0.325 e. The monoisotopic (exact) mass is 378 g/mol. The highest BCUT2D eigenvalue weighted by molar-refractivity contribution is 6.10. The summed E-state index contributed by atoms with van der Waals surface area (Å²) in [4.78, 5) is 48.1. The highest BCUT2D eigenvalue weighted by Crippen LogP contribution is 2.36. The number of anilines is 1. The van der Waals surface area contributed by atoms with Crippen molar-refractivity contribution < 1.29 is 23.7 Å². The van der Waals surface area contributed by atoms with Gasteiger partial charge in [-0.25, -0.2) is 9.18 Å². The maximum absolute atomic E-state index is 13.2. The molecule has 2 N–H and O–H groups in total. The van der Waals surface area contributed by atoms with Crippen LogP contribution in [-0.4, -0.2) is 39.8 Å². The molecule has 1 aromatic carbocycles. The van der Waals surface area contributed by atoms with Crippen LogP contribution < -0.4 is 10.6 Å². The Morgan fingerprint density at radius 2 is 2.07 bits per heavy atom. The van der Waals surface area contributed by atoms with E-state index in [4.69, 9.17) is 0 Å². The van der Waals surface area contributed by atoms with Crippen LogP contribution in [0.3, 0.4) is 0 Å². The van der Waals surface area contributed by atoms with E-state index >= 15 is 0 Å². The predicted molar refractivity (Wildman–Crippen MR) is 92.3 cm³/mol. The van der Waals surface area contributed by atoms with Gasteiger partial charge < -0.3 is 10.6 Å². The number of hydrogen-bond donors (Lipinski definition) is 2. The number of benzene rings is 1. The molecule has 0 bridgehead atoms. The van der Waals surface area contributed by atoms with Crippen LogP contribution in [0.15, 0.2) is 18.2 Å². The van der Waals surface area contributed by atoms with Gasteiger partial charge in [0.15, 0.2) is 0 Å². The Morgan fingerprint density at radius 1 is 1.41 bits per heavy atom. The van der Waals surface area contributed by atoms with E-state index in [0.29, 0.717) is 24.8 Å². The lowest BCUT2D eigenvalue weighted by atomic mass is 9.77. The number of imide groups is 1.